The molecule has 0 saturated heterocycles. The van der Waals surface area contributed by atoms with Crippen molar-refractivity contribution in [2.45, 2.75) is 0 Å². The summed E-state index contributed by atoms with van der Waals surface area (Å²) in [7, 11) is 0. The number of nitrogens with zero attached hydrogens (tertiary/aromatic N) is 2. The molecule has 1 N–H and O–H groups in total. The zero-order chi connectivity index (χ0) is 3.41. The lowest BCUT2D eigenvalue weighted by molar-refractivity contribution is 0.397. The number of hydrogen-bond donors (Lipinski definition) is 1. The van der Waals surface area contributed by atoms with E-state index in [0.717, 1.165) is 0 Å². The minimum Gasteiger partial charge on any atom is -0.0277 e. The van der Waals surface area contributed by atoms with E-state index < -0.39 is 0 Å². The van der Waals surface area contributed by atoms with E-state index in [1.54, 1.807) is 0 Å². The Morgan fingerprint density at radius 2 is 2.25 bits per heavy atom. The lowest BCUT2D eigenvalue weighted by Gasteiger charge is -1.32. The molecule has 0 aliphatic heterocycles. The maximum Gasteiger partial charge on any atom is 0.336 e. The van der Waals surface area contributed by atoms with Crippen LogP contribution in [0.5, 0.6) is 0 Å². The van der Waals surface area contributed by atoms with Gasteiger partial charge in [0.1, 0.15) is 5.65 Å². The minimum absolute atomic E-state index is 0.611. The van der Waals surface area contributed by atoms with Gasteiger partial charge < -0.3 is 0 Å². The van der Waals surface area contributed by atoms with Crippen molar-refractivity contribution in [3.8, 4) is 0 Å². The summed E-state index contributed by atoms with van der Waals surface area (Å²) in [5, 5.41) is 8.83. The summed E-state index contributed by atoms with van der Waals surface area (Å²) in [6, 6.07) is 0. The van der Waals surface area contributed by atoms with Crippen LogP contribution in [0.3, 0.4) is 0 Å². The standard InChI is InChI=1S/FHN3/c1-3-4-2/h3H/q+1. The van der Waals surface area contributed by atoms with Gasteiger partial charge in [-0.25, -0.2) is 0 Å². The summed E-state index contributed by atoms with van der Waals surface area (Å²) < 4.78 is 10.1. The van der Waals surface area contributed by atoms with Crippen LogP contribution >= 0.6 is 0 Å². The van der Waals surface area contributed by atoms with E-state index in [9.17, 15) is 4.48 Å². The van der Waals surface area contributed by atoms with E-state index in [2.05, 4.69) is 0 Å². The first-order valence-electron chi connectivity index (χ1n) is 0.613. The zero-order valence-electron chi connectivity index (χ0n) is 1.77. The lowest BCUT2D eigenvalue weighted by atomic mass is 12.8. The van der Waals surface area contributed by atoms with Gasteiger partial charge in [-0.1, -0.05) is 0 Å². The molecule has 0 saturated carbocycles. The number of rotatable bonds is 0. The molecule has 4 heavy (non-hydrogen) atoms. The summed E-state index contributed by atoms with van der Waals surface area (Å²) in [6.07, 6.45) is 0. The predicted octanol–water partition coefficient (Wildman–Crippen LogP) is 0.229. The highest BCUT2D eigenvalue weighted by Crippen LogP contribution is 1.42. The van der Waals surface area contributed by atoms with E-state index in [1.807, 2.05) is 5.08 Å². The first kappa shape index (κ1) is 3.15. The molecule has 0 fully saturated rings. The Hall–Kier alpha value is -0.850. The van der Waals surface area contributed by atoms with Crippen molar-refractivity contribution in [2.75, 3.05) is 0 Å². The second kappa shape index (κ2) is 2.15. The van der Waals surface area contributed by atoms with Gasteiger partial charge in [0.15, 0.2) is 0 Å². The van der Waals surface area contributed by atoms with Crippen LogP contribution in [0.4, 0.5) is 4.48 Å². The highest BCUT2D eigenvalue weighted by molar-refractivity contribution is 4.12. The third kappa shape index (κ3) is 1.15. The molecule has 0 aromatic heterocycles. The lowest BCUT2D eigenvalue weighted by Crippen LogP contribution is -1.72. The predicted molar refractivity (Wildman–Crippen MR) is 9.33 cm³/mol. The monoisotopic (exact) mass is 62.0 g/mol. The molecule has 0 unspecified atom stereocenters. The van der Waals surface area contributed by atoms with Crippen LogP contribution in [-0.2, 0) is 0 Å². The van der Waals surface area contributed by atoms with Crippen LogP contribution in [-0.4, -0.2) is 0 Å². The quantitative estimate of drug-likeness (QED) is 0.248. The molecule has 0 aliphatic carbocycles. The third-order valence-corrected chi connectivity index (χ3v) is 0.0378. The summed E-state index contributed by atoms with van der Waals surface area (Å²) in [4.78, 5) is 0. The maximum absolute atomic E-state index is 10.1. The van der Waals surface area contributed by atoms with Crippen LogP contribution < -0.4 is 5.65 Å². The fraction of sp³-hybridized carbons (Fsp3) is 0. The van der Waals surface area contributed by atoms with Crippen LogP contribution in [0.2, 0.25) is 0 Å². The molecule has 0 heterocycles. The van der Waals surface area contributed by atoms with Gasteiger partial charge in [0, 0.05) is 0 Å². The van der Waals surface area contributed by atoms with Gasteiger partial charge in [-0.15, -0.1) is 0 Å². The van der Waals surface area contributed by atoms with E-state index in [-0.39, 0.29) is 0 Å². The zero-order valence-corrected chi connectivity index (χ0v) is 1.77. The SMILES string of the molecule is N#[N+]NF. The molecular formula is HFN3+. The molecule has 0 aliphatic rings. The first-order valence-corrected chi connectivity index (χ1v) is 0.613. The third-order valence-electron chi connectivity index (χ3n) is 0.0378. The highest BCUT2D eigenvalue weighted by Gasteiger charge is 1.66. The van der Waals surface area contributed by atoms with E-state index >= 15 is 0 Å². The summed E-state index contributed by atoms with van der Waals surface area (Å²) in [5.41, 5.74) is 0.611. The molecule has 0 radical (unpaired) electrons. The highest BCUT2D eigenvalue weighted by atomic mass is 19.2. The average molecular weight is 62.0 g/mol. The van der Waals surface area contributed by atoms with Crippen LogP contribution in [0.1, 0.15) is 0 Å². The molecule has 0 aromatic rings. The Bertz CT molecular complexity index is 33.0. The molecule has 3 nitrogen and oxygen atoms in total. The summed E-state index contributed by atoms with van der Waals surface area (Å²) >= 11 is 0. The minimum atomic E-state index is 0.611. The molecular weight excluding hydrogens is 61.0 g/mol. The van der Waals surface area contributed by atoms with Gasteiger partial charge in [-0.2, -0.15) is 0 Å². The topological polar surface area (TPSA) is 40.2 Å². The molecule has 22 valence electrons. The van der Waals surface area contributed by atoms with Crippen molar-refractivity contribution < 1.29 is 4.48 Å². The molecule has 0 spiro atoms. The van der Waals surface area contributed by atoms with Gasteiger partial charge >= 0.3 is 5.08 Å². The van der Waals surface area contributed by atoms with Crippen molar-refractivity contribution in [2.24, 2.45) is 0 Å². The summed E-state index contributed by atoms with van der Waals surface area (Å²) in [6.45, 7) is 0. The van der Waals surface area contributed by atoms with Crippen LogP contribution in [0, 0.1) is 5.39 Å². The average Bonchev–Trinajstić information content (AvgIpc) is 1.37. The molecule has 0 aromatic carbocycles. The van der Waals surface area contributed by atoms with Crippen molar-refractivity contribution >= 4 is 0 Å². The number of halogens is 1. The van der Waals surface area contributed by atoms with Gasteiger partial charge in [-0.3, -0.25) is 0 Å². The number of hydrogen-bond acceptors (Lipinski definition) is 2. The van der Waals surface area contributed by atoms with Crippen molar-refractivity contribution in [1.82, 2.24) is 5.65 Å². The van der Waals surface area contributed by atoms with Gasteiger partial charge in [0.25, 0.3) is 5.39 Å². The summed E-state index contributed by atoms with van der Waals surface area (Å²) in [5.74, 6) is 0. The van der Waals surface area contributed by atoms with E-state index in [4.69, 9.17) is 5.39 Å². The largest absolute Gasteiger partial charge is 0.336 e. The molecule has 0 atom stereocenters. The number of nitrogens with one attached hydrogen (secondary N) is 1. The molecule has 4 heteroatoms. The molecule has 0 amide bonds. The Labute approximate surface area is 22.0 Å². The van der Waals surface area contributed by atoms with Crippen molar-refractivity contribution in [3.05, 3.63) is 5.08 Å². The second-order valence-electron chi connectivity index (χ2n) is 0.185. The van der Waals surface area contributed by atoms with Gasteiger partial charge in [0.2, 0.25) is 0 Å². The Kier molecular flexibility index (Phi) is 1.69. The van der Waals surface area contributed by atoms with Gasteiger partial charge in [-0.05, 0) is 4.48 Å². The maximum atomic E-state index is 10.1. The fourth-order valence-electron chi connectivity index (χ4n) is 0. The first-order chi connectivity index (χ1) is 1.91. The normalized spacial score (nSPS) is 4.00. The van der Waals surface area contributed by atoms with E-state index in [0.29, 0.717) is 5.65 Å². The van der Waals surface area contributed by atoms with Gasteiger partial charge in [0.05, 0.1) is 0 Å². The van der Waals surface area contributed by atoms with E-state index in [1.165, 1.54) is 0 Å². The van der Waals surface area contributed by atoms with Crippen molar-refractivity contribution in [1.29, 1.82) is 5.39 Å². The fourth-order valence-corrected chi connectivity index (χ4v) is 0. The second-order valence-corrected chi connectivity index (χ2v) is 0.185. The Morgan fingerprint density at radius 3 is 2.25 bits per heavy atom. The Balaban J connectivity index is 2.43. The molecule has 0 bridgehead atoms. The Morgan fingerprint density at radius 1 is 2.00 bits per heavy atom. The van der Waals surface area contributed by atoms with Crippen LogP contribution in [0.25, 0.3) is 5.08 Å². The number of diazo groups is 1. The van der Waals surface area contributed by atoms with Crippen LogP contribution in [0.15, 0.2) is 0 Å². The smallest absolute Gasteiger partial charge is 0.0277 e. The van der Waals surface area contributed by atoms with Crippen molar-refractivity contribution in [3.63, 3.8) is 0 Å². The molecule has 0 rings (SSSR count).